The van der Waals surface area contributed by atoms with Crippen LogP contribution < -0.4 is 0 Å². The fourth-order valence-electron chi connectivity index (χ4n) is 7.25. The lowest BCUT2D eigenvalue weighted by Gasteiger charge is -2.33. The molecule has 0 spiro atoms. The fourth-order valence-corrected chi connectivity index (χ4v) is 7.25. The zero-order valence-electron chi connectivity index (χ0n) is 31.1. The molecule has 2 heteroatoms. The van der Waals surface area contributed by atoms with Crippen LogP contribution in [0, 0.1) is 0 Å². The van der Waals surface area contributed by atoms with E-state index in [1.165, 1.54) is 231 Å². The van der Waals surface area contributed by atoms with Gasteiger partial charge in [0.1, 0.15) is 6.17 Å². The summed E-state index contributed by atoms with van der Waals surface area (Å²) in [4.78, 5) is 5.44. The molecule has 0 aromatic rings. The predicted octanol–water partition coefficient (Wildman–Crippen LogP) is 14.7. The molecule has 1 atom stereocenters. The molecule has 0 saturated heterocycles. The van der Waals surface area contributed by atoms with Gasteiger partial charge in [-0.3, -0.25) is 0 Å². The normalized spacial score (nSPS) is 14.8. The maximum Gasteiger partial charge on any atom is 0.101 e. The molecule has 0 aromatic heterocycles. The molecule has 0 bridgehead atoms. The summed E-state index contributed by atoms with van der Waals surface area (Å²) in [5.41, 5.74) is 0. The summed E-state index contributed by atoms with van der Waals surface area (Å²) >= 11 is 0. The molecular weight excluding hydrogens is 532 g/mol. The smallest absolute Gasteiger partial charge is 0.101 e. The van der Waals surface area contributed by atoms with Gasteiger partial charge in [0.25, 0.3) is 0 Å². The van der Waals surface area contributed by atoms with E-state index in [-0.39, 0.29) is 0 Å². The van der Waals surface area contributed by atoms with Gasteiger partial charge in [0.2, 0.25) is 0 Å². The van der Waals surface area contributed by atoms with Crippen molar-refractivity contribution >= 4 is 0 Å². The Bertz CT molecular complexity index is 572. The van der Waals surface area contributed by atoms with E-state index in [9.17, 15) is 0 Å². The molecule has 1 aliphatic rings. The van der Waals surface area contributed by atoms with E-state index in [2.05, 4.69) is 43.0 Å². The van der Waals surface area contributed by atoms with Crippen molar-refractivity contribution in [2.24, 2.45) is 0 Å². The Morgan fingerprint density at radius 3 is 0.795 bits per heavy atom. The SMILES string of the molecule is CCCCCCCCCCCCCCCCCCN1C=CN(CCCCCCCCCCCC)C1CCCCCCCCC. The molecule has 1 unspecified atom stereocenters. The zero-order chi connectivity index (χ0) is 31.6. The summed E-state index contributed by atoms with van der Waals surface area (Å²) in [6, 6.07) is 0. The van der Waals surface area contributed by atoms with Crippen molar-refractivity contribution in [2.75, 3.05) is 13.1 Å². The van der Waals surface area contributed by atoms with Crippen LogP contribution in [0.5, 0.6) is 0 Å². The molecule has 0 aromatic carbocycles. The molecule has 262 valence electrons. The minimum Gasteiger partial charge on any atom is -0.356 e. The molecule has 0 N–H and O–H groups in total. The van der Waals surface area contributed by atoms with E-state index in [0.29, 0.717) is 6.17 Å². The summed E-state index contributed by atoms with van der Waals surface area (Å²) in [7, 11) is 0. The first kappa shape index (κ1) is 41.4. The van der Waals surface area contributed by atoms with Crippen molar-refractivity contribution in [1.82, 2.24) is 9.80 Å². The van der Waals surface area contributed by atoms with Gasteiger partial charge in [-0.05, 0) is 25.7 Å². The molecular formula is C42H84N2. The van der Waals surface area contributed by atoms with Crippen molar-refractivity contribution < 1.29 is 0 Å². The van der Waals surface area contributed by atoms with Crippen LogP contribution >= 0.6 is 0 Å². The number of rotatable bonds is 36. The lowest BCUT2D eigenvalue weighted by molar-refractivity contribution is 0.135. The van der Waals surface area contributed by atoms with Crippen molar-refractivity contribution in [3.8, 4) is 0 Å². The first-order valence-electron chi connectivity index (χ1n) is 21.0. The van der Waals surface area contributed by atoms with Crippen LogP contribution in [0.15, 0.2) is 12.4 Å². The quantitative estimate of drug-likeness (QED) is 0.0646. The Labute approximate surface area is 280 Å². The molecule has 1 heterocycles. The molecule has 0 radical (unpaired) electrons. The molecule has 0 saturated carbocycles. The standard InChI is InChI=1S/C42H84N2/c1-4-7-10-13-16-18-20-21-22-23-24-25-27-30-33-36-39-44-41-40-43(42(44)37-34-31-28-15-12-9-6-3)38-35-32-29-26-19-17-14-11-8-5-2/h40-42H,4-39H2,1-3H3. The van der Waals surface area contributed by atoms with Gasteiger partial charge in [-0.25, -0.2) is 0 Å². The molecule has 0 amide bonds. The third-order valence-electron chi connectivity index (χ3n) is 10.3. The third-order valence-corrected chi connectivity index (χ3v) is 10.3. The Hall–Kier alpha value is -0.660. The van der Waals surface area contributed by atoms with E-state index < -0.39 is 0 Å². The minimum absolute atomic E-state index is 0.639. The second kappa shape index (κ2) is 33.7. The fraction of sp³-hybridized carbons (Fsp3) is 0.952. The van der Waals surface area contributed by atoms with Crippen LogP contribution in [0.1, 0.15) is 239 Å². The highest BCUT2D eigenvalue weighted by Gasteiger charge is 2.24. The van der Waals surface area contributed by atoms with Crippen LogP contribution in [-0.2, 0) is 0 Å². The summed E-state index contributed by atoms with van der Waals surface area (Å²) in [6.07, 6.45) is 54.4. The van der Waals surface area contributed by atoms with E-state index >= 15 is 0 Å². The Morgan fingerprint density at radius 1 is 0.295 bits per heavy atom. The summed E-state index contributed by atoms with van der Waals surface area (Å²) < 4.78 is 0. The highest BCUT2D eigenvalue weighted by molar-refractivity contribution is 4.97. The van der Waals surface area contributed by atoms with Gasteiger partial charge >= 0.3 is 0 Å². The predicted molar refractivity (Wildman–Crippen MR) is 200 cm³/mol. The summed E-state index contributed by atoms with van der Waals surface area (Å²) in [5.74, 6) is 0. The second-order valence-electron chi connectivity index (χ2n) is 14.6. The third kappa shape index (κ3) is 25.5. The van der Waals surface area contributed by atoms with Gasteiger partial charge < -0.3 is 9.80 Å². The van der Waals surface area contributed by atoms with Crippen LogP contribution in [0.4, 0.5) is 0 Å². The summed E-state index contributed by atoms with van der Waals surface area (Å²) in [5, 5.41) is 0. The molecule has 1 rings (SSSR count). The van der Waals surface area contributed by atoms with E-state index in [4.69, 9.17) is 0 Å². The van der Waals surface area contributed by atoms with E-state index in [1.807, 2.05) is 0 Å². The zero-order valence-corrected chi connectivity index (χ0v) is 31.1. The van der Waals surface area contributed by atoms with Crippen LogP contribution in [-0.4, -0.2) is 29.1 Å². The number of hydrogen-bond donors (Lipinski definition) is 0. The molecule has 44 heavy (non-hydrogen) atoms. The lowest BCUT2D eigenvalue weighted by Crippen LogP contribution is -2.39. The minimum atomic E-state index is 0.639. The molecule has 0 aliphatic carbocycles. The number of unbranched alkanes of at least 4 members (excludes halogenated alkanes) is 30. The maximum atomic E-state index is 2.72. The van der Waals surface area contributed by atoms with Gasteiger partial charge in [0, 0.05) is 25.5 Å². The van der Waals surface area contributed by atoms with Crippen LogP contribution in [0.25, 0.3) is 0 Å². The number of hydrogen-bond acceptors (Lipinski definition) is 2. The first-order valence-corrected chi connectivity index (χ1v) is 21.0. The van der Waals surface area contributed by atoms with E-state index in [1.54, 1.807) is 0 Å². The van der Waals surface area contributed by atoms with Crippen molar-refractivity contribution in [3.63, 3.8) is 0 Å². The lowest BCUT2D eigenvalue weighted by atomic mass is 10.0. The first-order chi connectivity index (χ1) is 21.8. The van der Waals surface area contributed by atoms with Gasteiger partial charge in [-0.15, -0.1) is 0 Å². The Morgan fingerprint density at radius 2 is 0.523 bits per heavy atom. The molecule has 1 aliphatic heterocycles. The second-order valence-corrected chi connectivity index (χ2v) is 14.6. The highest BCUT2D eigenvalue weighted by atomic mass is 15.4. The van der Waals surface area contributed by atoms with Gasteiger partial charge in [0.05, 0.1) is 0 Å². The largest absolute Gasteiger partial charge is 0.356 e. The van der Waals surface area contributed by atoms with Gasteiger partial charge in [-0.2, -0.15) is 0 Å². The monoisotopic (exact) mass is 617 g/mol. The Kier molecular flexibility index (Phi) is 31.7. The summed E-state index contributed by atoms with van der Waals surface area (Å²) in [6.45, 7) is 9.49. The molecule has 2 nitrogen and oxygen atoms in total. The van der Waals surface area contributed by atoms with Gasteiger partial charge in [0.15, 0.2) is 0 Å². The van der Waals surface area contributed by atoms with Crippen molar-refractivity contribution in [3.05, 3.63) is 12.4 Å². The highest BCUT2D eigenvalue weighted by Crippen LogP contribution is 2.24. The van der Waals surface area contributed by atoms with Gasteiger partial charge in [-0.1, -0.05) is 213 Å². The van der Waals surface area contributed by atoms with Crippen molar-refractivity contribution in [1.29, 1.82) is 0 Å². The Balaban J connectivity index is 2.14. The average molecular weight is 617 g/mol. The molecule has 0 fully saturated rings. The maximum absolute atomic E-state index is 2.72. The average Bonchev–Trinajstić information content (AvgIpc) is 3.42. The topological polar surface area (TPSA) is 6.48 Å². The van der Waals surface area contributed by atoms with Crippen molar-refractivity contribution in [2.45, 2.75) is 245 Å². The van der Waals surface area contributed by atoms with Crippen LogP contribution in [0.3, 0.4) is 0 Å². The van der Waals surface area contributed by atoms with E-state index in [0.717, 1.165) is 0 Å². The number of nitrogens with zero attached hydrogens (tertiary/aromatic N) is 2. The van der Waals surface area contributed by atoms with Crippen LogP contribution in [0.2, 0.25) is 0 Å².